The van der Waals surface area contributed by atoms with Crippen molar-refractivity contribution in [2.75, 3.05) is 6.54 Å². The number of hydrogen-bond acceptors (Lipinski definition) is 3. The smallest absolute Gasteiger partial charge is 0.185 e. The Morgan fingerprint density at radius 1 is 1.36 bits per heavy atom. The Kier molecular flexibility index (Phi) is 21.7. The molecule has 0 saturated heterocycles. The van der Waals surface area contributed by atoms with Crippen LogP contribution in [0.4, 0.5) is 0 Å². The molecular weight excluding hydrogens is 524 g/mol. The average molecular weight is 549 g/mol. The summed E-state index contributed by atoms with van der Waals surface area (Å²) < 4.78 is 0. The van der Waals surface area contributed by atoms with Gasteiger partial charge in [-0.05, 0) is 33.7 Å². The van der Waals surface area contributed by atoms with Crippen LogP contribution in [-0.2, 0) is 37.5 Å². The number of nitrogens with one attached hydrogen (secondary N) is 1. The zero-order valence-electron chi connectivity index (χ0n) is 12.4. The number of Topliss-reactive ketones (excluding diaryl/α,β-unsaturated/α-hetero) is 1. The minimum Gasteiger partial charge on any atom is -0.370 e. The molecule has 0 aromatic rings. The van der Waals surface area contributed by atoms with E-state index in [1.807, 2.05) is 0 Å². The van der Waals surface area contributed by atoms with Crippen molar-refractivity contribution in [1.29, 1.82) is 0 Å². The maximum Gasteiger partial charge on any atom is 0.185 e. The fourth-order valence-corrected chi connectivity index (χ4v) is 56.3. The van der Waals surface area contributed by atoms with Crippen LogP contribution in [0.2, 0.25) is 0 Å². The van der Waals surface area contributed by atoms with E-state index in [-0.39, 0.29) is 71.9 Å². The number of nitrogens with zero attached hydrogens (tertiary/aromatic N) is 1. The monoisotopic (exact) mass is 549 g/mol. The first kappa shape index (κ1) is 28.1. The molecule has 5 nitrogen and oxygen atoms in total. The molecule has 0 fully saturated rings. The van der Waals surface area contributed by atoms with E-state index in [1.165, 1.54) is 0 Å². The molecule has 0 rings (SSSR count). The van der Waals surface area contributed by atoms with E-state index in [0.717, 1.165) is 28.8 Å². The van der Waals surface area contributed by atoms with E-state index in [0.29, 0.717) is 6.54 Å². The summed E-state index contributed by atoms with van der Waals surface area (Å²) in [6.45, 7) is 2.16. The first-order valence-corrected chi connectivity index (χ1v) is 21.9. The van der Waals surface area contributed by atoms with E-state index in [4.69, 9.17) is 11.5 Å². The Bertz CT molecular complexity index is 346. The van der Waals surface area contributed by atoms with E-state index >= 15 is 0 Å². The van der Waals surface area contributed by atoms with Gasteiger partial charge in [-0.15, -0.1) is 26.8 Å². The largest absolute Gasteiger partial charge is 0.370 e. The Hall–Kier alpha value is 3.87. The molecule has 22 heavy (non-hydrogen) atoms. The van der Waals surface area contributed by atoms with Crippen LogP contribution in [0.1, 0.15) is 19.8 Å². The predicted molar refractivity (Wildman–Crippen MR) is 124 cm³/mol. The third-order valence-electron chi connectivity index (χ3n) is 2.27. The molecule has 8 unspecified atom stereocenters. The molecule has 5 N–H and O–H groups in total. The van der Waals surface area contributed by atoms with Crippen LogP contribution >= 0.6 is 73.1 Å². The third-order valence-corrected chi connectivity index (χ3v) is 42.1. The summed E-state index contributed by atoms with van der Waals surface area (Å²) in [6.07, 6.45) is 1.59. The summed E-state index contributed by atoms with van der Waals surface area (Å²) in [7, 11) is 13.1. The van der Waals surface area contributed by atoms with Crippen LogP contribution in [-0.4, -0.2) is 24.3 Å². The fourth-order valence-electron chi connectivity index (χ4n) is 1.33. The van der Waals surface area contributed by atoms with Crippen molar-refractivity contribution < 1.29 is 37.5 Å². The van der Waals surface area contributed by atoms with Crippen LogP contribution in [0, 0.1) is 0 Å². The second-order valence-corrected chi connectivity index (χ2v) is 33.8. The number of ketones is 1. The molecule has 9 atom stereocenters. The minimum absolute atomic E-state index is 0. The van der Waals surface area contributed by atoms with Gasteiger partial charge in [0.15, 0.2) is 5.96 Å². The van der Waals surface area contributed by atoms with E-state index in [9.17, 15) is 4.79 Å². The van der Waals surface area contributed by atoms with Crippen LogP contribution < -0.4 is 16.6 Å². The number of rotatable bonds is 11. The number of aliphatic imine (C=N–C) groups is 1. The molecule has 0 aliphatic carbocycles. The first-order chi connectivity index (χ1) is 9.77. The quantitative estimate of drug-likeness (QED) is 0.157. The molecule has 0 bridgehead atoms. The van der Waals surface area contributed by atoms with Crippen LogP contribution in [0.15, 0.2) is 4.99 Å². The van der Waals surface area contributed by atoms with Gasteiger partial charge in [0.05, 0.1) is 6.04 Å². The van der Waals surface area contributed by atoms with Crippen LogP contribution in [0.3, 0.4) is 0 Å². The summed E-state index contributed by atoms with van der Waals surface area (Å²) in [5.74, 6) is 0.304. The van der Waals surface area contributed by atoms with Crippen molar-refractivity contribution in [3.8, 4) is 0 Å². The zero-order chi connectivity index (χ0) is 16.4. The SMILES string of the molecule is CC(=O)[C@H](CCCN=C(N)N)NP(P)P(PP)PP(P)P.[Y]. The number of guanidine groups is 1. The molecule has 0 aromatic heterocycles. The fraction of sp³-hybridized carbons (Fsp3) is 0.714. The number of nitrogens with two attached hydrogens (primary N) is 2. The third kappa shape index (κ3) is 15.0. The summed E-state index contributed by atoms with van der Waals surface area (Å²) in [6, 6.07) is -0.0841. The van der Waals surface area contributed by atoms with Gasteiger partial charge in [0, 0.05) is 46.7 Å². The second kappa shape index (κ2) is 17.0. The van der Waals surface area contributed by atoms with Crippen molar-refractivity contribution in [2.45, 2.75) is 25.8 Å². The van der Waals surface area contributed by atoms with Crippen molar-refractivity contribution >= 4 is 84.8 Å². The maximum atomic E-state index is 11.8. The summed E-state index contributed by atoms with van der Waals surface area (Å²) >= 11 is 0. The topological polar surface area (TPSA) is 93.5 Å². The molecule has 0 aliphatic rings. The predicted octanol–water partition coefficient (Wildman–Crippen LogP) is 4.12. The van der Waals surface area contributed by atoms with Crippen LogP contribution in [0.25, 0.3) is 0 Å². The van der Waals surface area contributed by atoms with Gasteiger partial charge in [-0.1, -0.05) is 24.8 Å². The van der Waals surface area contributed by atoms with E-state index in [2.05, 4.69) is 45.8 Å². The van der Waals surface area contributed by atoms with Gasteiger partial charge in [0.2, 0.25) is 0 Å². The standard InChI is InChI=1S/C7H25N4OP9.Y/c1-5(12)6(3-2-4-10-7(8)9)11-19(14)21(17-13)18-20(15)16;/h6,11,17-18H,2-4,13-16H2,1H3,(H4,8,9,10);/t6-,19?,21?;/m0./s1. The molecule has 0 aliphatic heterocycles. The van der Waals surface area contributed by atoms with Crippen LogP contribution in [0.5, 0.6) is 0 Å². The Labute approximate surface area is 174 Å². The van der Waals surface area contributed by atoms with Crippen molar-refractivity contribution in [3.63, 3.8) is 0 Å². The minimum atomic E-state index is -0.363. The molecule has 0 amide bonds. The van der Waals surface area contributed by atoms with Gasteiger partial charge in [-0.3, -0.25) is 14.9 Å². The normalized spacial score (nSPS) is 15.9. The number of carbonyl (C=O) groups excluding carboxylic acids is 1. The number of carbonyl (C=O) groups is 1. The van der Waals surface area contributed by atoms with E-state index in [1.54, 1.807) is 6.92 Å². The maximum absolute atomic E-state index is 11.8. The number of hydrogen-bond donors (Lipinski definition) is 3. The van der Waals surface area contributed by atoms with Gasteiger partial charge < -0.3 is 11.5 Å². The van der Waals surface area contributed by atoms with Gasteiger partial charge in [-0.2, -0.15) is 0 Å². The Balaban J connectivity index is 0. The first-order valence-electron chi connectivity index (χ1n) is 5.96. The molecule has 0 saturated carbocycles. The molecule has 1 radical (unpaired) electrons. The molecular formula is C7H25N4OP9Y. The summed E-state index contributed by atoms with van der Waals surface area (Å²) in [5, 5.41) is 3.55. The second-order valence-electron chi connectivity index (χ2n) is 4.03. The molecule has 127 valence electrons. The van der Waals surface area contributed by atoms with Gasteiger partial charge in [-0.25, -0.2) is 0 Å². The molecule has 15 heteroatoms. The van der Waals surface area contributed by atoms with Gasteiger partial charge in [0.1, 0.15) is 5.78 Å². The molecule has 0 spiro atoms. The van der Waals surface area contributed by atoms with Gasteiger partial charge in [0.25, 0.3) is 0 Å². The summed E-state index contributed by atoms with van der Waals surface area (Å²) in [5.41, 5.74) is 10.6. The molecule has 0 heterocycles. The van der Waals surface area contributed by atoms with Crippen molar-refractivity contribution in [3.05, 3.63) is 0 Å². The van der Waals surface area contributed by atoms with Crippen molar-refractivity contribution in [1.82, 2.24) is 5.09 Å². The summed E-state index contributed by atoms with van der Waals surface area (Å²) in [4.78, 5) is 15.8. The average Bonchev–Trinajstić information content (AvgIpc) is 2.38. The van der Waals surface area contributed by atoms with Crippen molar-refractivity contribution in [2.24, 2.45) is 16.5 Å². The molecule has 0 aromatic carbocycles. The van der Waals surface area contributed by atoms with Gasteiger partial charge >= 0.3 is 0 Å². The zero-order valence-corrected chi connectivity index (χ0v) is 24.6. The Morgan fingerprint density at radius 2 is 1.95 bits per heavy atom. The Morgan fingerprint density at radius 3 is 2.36 bits per heavy atom. The van der Waals surface area contributed by atoms with E-state index < -0.39 is 0 Å².